The maximum Gasteiger partial charge on any atom is 0.141 e. The van der Waals surface area contributed by atoms with Crippen molar-refractivity contribution in [3.05, 3.63) is 47.9 Å². The van der Waals surface area contributed by atoms with Crippen LogP contribution in [0, 0.1) is 5.92 Å². The van der Waals surface area contributed by atoms with E-state index in [2.05, 4.69) is 53.2 Å². The Morgan fingerprint density at radius 1 is 1.11 bits per heavy atom. The quantitative estimate of drug-likeness (QED) is 0.650. The van der Waals surface area contributed by atoms with Crippen LogP contribution in [-0.4, -0.2) is 40.8 Å². The van der Waals surface area contributed by atoms with Crippen LogP contribution in [0.4, 0.5) is 0 Å². The minimum absolute atomic E-state index is 0.197. The van der Waals surface area contributed by atoms with Crippen molar-refractivity contribution in [2.24, 2.45) is 5.92 Å². The third kappa shape index (κ3) is 4.09. The minimum atomic E-state index is 0.197. The van der Waals surface area contributed by atoms with E-state index >= 15 is 0 Å². The summed E-state index contributed by atoms with van der Waals surface area (Å²) in [6, 6.07) is 9.05. The summed E-state index contributed by atoms with van der Waals surface area (Å²) < 4.78 is 0. The van der Waals surface area contributed by atoms with E-state index in [-0.39, 0.29) is 5.92 Å². The number of Topliss-reactive ketones (excluding diaryl/α,β-unsaturated/α-hetero) is 1. The molecule has 3 aromatic rings. The largest absolute Gasteiger partial charge is 0.306 e. The summed E-state index contributed by atoms with van der Waals surface area (Å²) in [5.41, 5.74) is 3.89. The topological polar surface area (TPSA) is 46.1 Å². The summed E-state index contributed by atoms with van der Waals surface area (Å²) in [7, 11) is 4.26. The first-order valence-corrected chi connectivity index (χ1v) is 10.4. The first-order valence-electron chi connectivity index (χ1n) is 9.57. The highest BCUT2D eigenvalue weighted by Gasteiger charge is 2.27. The number of ketones is 1. The Hall–Kier alpha value is -2.11. The maximum atomic E-state index is 12.8. The van der Waals surface area contributed by atoms with Crippen LogP contribution >= 0.6 is 11.3 Å². The normalized spacial score (nSPS) is 20.3. The van der Waals surface area contributed by atoms with Gasteiger partial charge in [-0.2, -0.15) is 0 Å². The molecule has 1 aliphatic rings. The van der Waals surface area contributed by atoms with E-state index in [0.29, 0.717) is 18.2 Å². The van der Waals surface area contributed by atoms with Gasteiger partial charge in [-0.05, 0) is 62.9 Å². The van der Waals surface area contributed by atoms with Gasteiger partial charge in [-0.15, -0.1) is 11.3 Å². The summed E-state index contributed by atoms with van der Waals surface area (Å²) in [6.45, 7) is 0. The third-order valence-electron chi connectivity index (χ3n) is 5.73. The zero-order chi connectivity index (χ0) is 18.8. The fraction of sp³-hybridized carbons (Fsp3) is 0.409. The van der Waals surface area contributed by atoms with Crippen LogP contribution in [0.15, 0.2) is 42.2 Å². The predicted octanol–water partition coefficient (Wildman–Crippen LogP) is 4.59. The van der Waals surface area contributed by atoms with Gasteiger partial charge in [-0.3, -0.25) is 14.8 Å². The summed E-state index contributed by atoms with van der Waals surface area (Å²) in [4.78, 5) is 24.9. The van der Waals surface area contributed by atoms with Gasteiger partial charge < -0.3 is 4.90 Å². The lowest BCUT2D eigenvalue weighted by molar-refractivity contribution is -0.123. The van der Waals surface area contributed by atoms with Gasteiger partial charge in [-0.1, -0.05) is 12.1 Å². The molecule has 0 amide bonds. The van der Waals surface area contributed by atoms with Crippen LogP contribution in [0.2, 0.25) is 0 Å². The van der Waals surface area contributed by atoms with E-state index in [1.165, 1.54) is 0 Å². The fourth-order valence-corrected chi connectivity index (χ4v) is 4.65. The molecule has 1 saturated carbocycles. The molecule has 4 rings (SSSR count). The molecule has 0 bridgehead atoms. The molecule has 2 heterocycles. The highest BCUT2D eigenvalue weighted by Crippen LogP contribution is 2.29. The van der Waals surface area contributed by atoms with E-state index in [4.69, 9.17) is 0 Å². The Balaban J connectivity index is 1.48. The molecule has 27 heavy (non-hydrogen) atoms. The molecule has 140 valence electrons. The molecular formula is C22H25N3OS. The number of carbonyl (C=O) groups is 1. The van der Waals surface area contributed by atoms with Crippen molar-refractivity contribution in [3.8, 4) is 10.4 Å². The van der Waals surface area contributed by atoms with Crippen molar-refractivity contribution in [1.29, 1.82) is 0 Å². The van der Waals surface area contributed by atoms with E-state index in [9.17, 15) is 4.79 Å². The summed E-state index contributed by atoms with van der Waals surface area (Å²) in [5, 5.41) is 2.24. The number of rotatable bonds is 5. The minimum Gasteiger partial charge on any atom is -0.306 e. The number of aromatic nitrogens is 2. The second kappa shape index (κ2) is 7.87. The molecule has 0 atom stereocenters. The molecule has 0 radical (unpaired) electrons. The van der Waals surface area contributed by atoms with Crippen LogP contribution < -0.4 is 0 Å². The molecule has 0 N–H and O–H groups in total. The second-order valence-electron chi connectivity index (χ2n) is 7.72. The lowest BCUT2D eigenvalue weighted by Gasteiger charge is -2.31. The molecule has 2 aromatic heterocycles. The van der Waals surface area contributed by atoms with E-state index in [1.807, 2.05) is 17.9 Å². The average molecular weight is 380 g/mol. The number of nitrogens with zero attached hydrogens (tertiary/aromatic N) is 3. The lowest BCUT2D eigenvalue weighted by atomic mass is 9.82. The molecule has 5 heteroatoms. The number of fused-ring (bicyclic) bond motifs is 1. The van der Waals surface area contributed by atoms with Gasteiger partial charge in [0.1, 0.15) is 5.78 Å². The van der Waals surface area contributed by atoms with E-state index in [1.54, 1.807) is 11.3 Å². The summed E-state index contributed by atoms with van der Waals surface area (Å²) in [5.74, 6) is 0.542. The summed E-state index contributed by atoms with van der Waals surface area (Å²) in [6.07, 6.45) is 8.46. The Bertz CT molecular complexity index is 928. The molecule has 0 spiro atoms. The number of benzene rings is 1. The number of hydrogen-bond donors (Lipinski definition) is 0. The van der Waals surface area contributed by atoms with Gasteiger partial charge >= 0.3 is 0 Å². The van der Waals surface area contributed by atoms with Gasteiger partial charge in [-0.25, -0.2) is 0 Å². The zero-order valence-electron chi connectivity index (χ0n) is 15.9. The SMILES string of the molecule is CN(C)C1CCC(C(=O)Cc2cc3cc(-c4cncs4)ccc3cn2)CC1. The highest BCUT2D eigenvalue weighted by atomic mass is 32.1. The maximum absolute atomic E-state index is 12.8. The van der Waals surface area contributed by atoms with E-state index < -0.39 is 0 Å². The van der Waals surface area contributed by atoms with Gasteiger partial charge in [0.15, 0.2) is 0 Å². The van der Waals surface area contributed by atoms with Crippen molar-refractivity contribution >= 4 is 27.9 Å². The van der Waals surface area contributed by atoms with E-state index in [0.717, 1.165) is 52.6 Å². The Morgan fingerprint density at radius 3 is 2.63 bits per heavy atom. The molecule has 1 aliphatic carbocycles. The van der Waals surface area contributed by atoms with Crippen molar-refractivity contribution in [2.45, 2.75) is 38.1 Å². The molecule has 0 saturated heterocycles. The van der Waals surface area contributed by atoms with Gasteiger partial charge in [0, 0.05) is 41.9 Å². The van der Waals surface area contributed by atoms with Crippen LogP contribution in [-0.2, 0) is 11.2 Å². The van der Waals surface area contributed by atoms with Crippen molar-refractivity contribution in [2.75, 3.05) is 14.1 Å². The number of thiazole rings is 1. The van der Waals surface area contributed by atoms with Crippen LogP contribution in [0.3, 0.4) is 0 Å². The van der Waals surface area contributed by atoms with Gasteiger partial charge in [0.05, 0.1) is 10.4 Å². The molecule has 1 fully saturated rings. The fourth-order valence-electron chi connectivity index (χ4n) is 4.03. The average Bonchev–Trinajstić information content (AvgIpc) is 3.22. The third-order valence-corrected chi connectivity index (χ3v) is 6.56. The van der Waals surface area contributed by atoms with Crippen molar-refractivity contribution in [1.82, 2.24) is 14.9 Å². The van der Waals surface area contributed by atoms with Gasteiger partial charge in [0.2, 0.25) is 0 Å². The van der Waals surface area contributed by atoms with Crippen molar-refractivity contribution < 1.29 is 4.79 Å². The number of pyridine rings is 1. The van der Waals surface area contributed by atoms with Crippen LogP contribution in [0.1, 0.15) is 31.4 Å². The number of carbonyl (C=O) groups excluding carboxylic acids is 1. The van der Waals surface area contributed by atoms with Crippen LogP contribution in [0.5, 0.6) is 0 Å². The monoisotopic (exact) mass is 379 g/mol. The first kappa shape index (κ1) is 18.3. The first-order chi connectivity index (χ1) is 13.1. The lowest BCUT2D eigenvalue weighted by Crippen LogP contribution is -2.34. The highest BCUT2D eigenvalue weighted by molar-refractivity contribution is 7.13. The second-order valence-corrected chi connectivity index (χ2v) is 8.60. The molecule has 4 nitrogen and oxygen atoms in total. The predicted molar refractivity (Wildman–Crippen MR) is 111 cm³/mol. The smallest absolute Gasteiger partial charge is 0.141 e. The molecule has 0 aliphatic heterocycles. The van der Waals surface area contributed by atoms with Crippen molar-refractivity contribution in [3.63, 3.8) is 0 Å². The Kier molecular flexibility index (Phi) is 5.32. The summed E-state index contributed by atoms with van der Waals surface area (Å²) >= 11 is 1.64. The Morgan fingerprint density at radius 2 is 1.93 bits per heavy atom. The van der Waals surface area contributed by atoms with Crippen LogP contribution in [0.25, 0.3) is 21.2 Å². The van der Waals surface area contributed by atoms with Gasteiger partial charge in [0.25, 0.3) is 0 Å². The number of hydrogen-bond acceptors (Lipinski definition) is 5. The molecule has 0 unspecified atom stereocenters. The standard InChI is InChI=1S/C22H25N3OS/c1-25(2)20-7-5-15(6-8-20)21(26)11-19-10-18-9-16(22-13-23-14-27-22)3-4-17(18)12-24-19/h3-4,9-10,12-15,20H,5-8,11H2,1-2H3. The molecule has 1 aromatic carbocycles. The zero-order valence-corrected chi connectivity index (χ0v) is 16.7. The molecular weight excluding hydrogens is 354 g/mol. The Labute approximate surface area is 164 Å².